The van der Waals surface area contributed by atoms with Crippen LogP contribution in [-0.2, 0) is 21.4 Å². The first-order chi connectivity index (χ1) is 13.4. The molecule has 0 unspecified atom stereocenters. The molecule has 7 heteroatoms. The van der Waals surface area contributed by atoms with Crippen molar-refractivity contribution in [3.05, 3.63) is 66.2 Å². The molecule has 4 rings (SSSR count). The van der Waals surface area contributed by atoms with Crippen molar-refractivity contribution in [1.82, 2.24) is 4.90 Å². The lowest BCUT2D eigenvalue weighted by Crippen LogP contribution is -2.39. The summed E-state index contributed by atoms with van der Waals surface area (Å²) in [5.41, 5.74) is 1.41. The second-order valence-electron chi connectivity index (χ2n) is 6.70. The first-order valence-corrected chi connectivity index (χ1v) is 10.3. The number of carbonyl (C=O) groups excluding carboxylic acids is 1. The highest BCUT2D eigenvalue weighted by Gasteiger charge is 2.37. The van der Waals surface area contributed by atoms with Crippen LogP contribution in [-0.4, -0.2) is 39.9 Å². The fourth-order valence-electron chi connectivity index (χ4n) is 3.55. The minimum Gasteiger partial charge on any atom is -0.496 e. The van der Waals surface area contributed by atoms with E-state index in [1.54, 1.807) is 38.4 Å². The number of amides is 1. The van der Waals surface area contributed by atoms with Gasteiger partial charge < -0.3 is 9.64 Å². The molecule has 144 valence electrons. The Bertz CT molecular complexity index is 1170. The van der Waals surface area contributed by atoms with Crippen LogP contribution in [0, 0.1) is 0 Å². The third-order valence-corrected chi connectivity index (χ3v) is 6.79. The number of para-hydroxylation sites is 1. The van der Waals surface area contributed by atoms with Crippen LogP contribution >= 0.6 is 0 Å². The van der Waals surface area contributed by atoms with Crippen molar-refractivity contribution >= 4 is 32.4 Å². The maximum Gasteiger partial charge on any atom is 0.265 e. The van der Waals surface area contributed by atoms with E-state index in [2.05, 4.69) is 0 Å². The number of nitrogens with zero attached hydrogens (tertiary/aromatic N) is 2. The number of hydrogen-bond acceptors (Lipinski definition) is 4. The third kappa shape index (κ3) is 2.88. The largest absolute Gasteiger partial charge is 0.496 e. The van der Waals surface area contributed by atoms with Gasteiger partial charge in [-0.3, -0.25) is 9.10 Å². The predicted octanol–water partition coefficient (Wildman–Crippen LogP) is 3.02. The van der Waals surface area contributed by atoms with Gasteiger partial charge in [-0.2, -0.15) is 0 Å². The Kier molecular flexibility index (Phi) is 4.47. The van der Waals surface area contributed by atoms with E-state index in [4.69, 9.17) is 4.74 Å². The molecule has 0 radical (unpaired) electrons. The number of benzene rings is 3. The van der Waals surface area contributed by atoms with E-state index in [1.165, 1.54) is 9.21 Å². The van der Waals surface area contributed by atoms with Crippen molar-refractivity contribution in [2.45, 2.75) is 11.4 Å². The van der Waals surface area contributed by atoms with Crippen LogP contribution in [0.25, 0.3) is 10.8 Å². The molecule has 1 amide bonds. The van der Waals surface area contributed by atoms with E-state index in [0.29, 0.717) is 23.4 Å². The second kappa shape index (κ2) is 6.83. The number of anilines is 1. The van der Waals surface area contributed by atoms with E-state index in [9.17, 15) is 13.2 Å². The van der Waals surface area contributed by atoms with E-state index < -0.39 is 10.0 Å². The second-order valence-corrected chi connectivity index (χ2v) is 8.54. The first-order valence-electron chi connectivity index (χ1n) is 8.84. The van der Waals surface area contributed by atoms with Crippen LogP contribution in [0.15, 0.2) is 65.6 Å². The van der Waals surface area contributed by atoms with Gasteiger partial charge in [0.1, 0.15) is 12.3 Å². The van der Waals surface area contributed by atoms with Gasteiger partial charge in [0.2, 0.25) is 5.91 Å². The summed E-state index contributed by atoms with van der Waals surface area (Å²) in [6.45, 7) is 0.0790. The van der Waals surface area contributed by atoms with Gasteiger partial charge in [0, 0.05) is 24.5 Å². The molecule has 0 saturated carbocycles. The van der Waals surface area contributed by atoms with Gasteiger partial charge in [-0.15, -0.1) is 0 Å². The zero-order chi connectivity index (χ0) is 19.9. The molecule has 1 heterocycles. The molecular formula is C21H20N2O4S. The van der Waals surface area contributed by atoms with Gasteiger partial charge in [0.05, 0.1) is 17.7 Å². The molecule has 3 aromatic rings. The summed E-state index contributed by atoms with van der Waals surface area (Å²) in [7, 11) is -0.515. The summed E-state index contributed by atoms with van der Waals surface area (Å²) < 4.78 is 32.6. The van der Waals surface area contributed by atoms with Gasteiger partial charge in [-0.1, -0.05) is 42.5 Å². The standard InChI is InChI=1S/C21H20N2O4S/c1-22(13-16-7-3-4-11-18(16)27-2)20(24)14-23-17-10-5-8-15-9-6-12-19(21(15)17)28(23,25)26/h3-12H,13-14H2,1-2H3. The molecule has 0 saturated heterocycles. The number of methoxy groups -OCH3 is 1. The fraction of sp³-hybridized carbons (Fsp3) is 0.190. The Morgan fingerprint density at radius 2 is 1.75 bits per heavy atom. The van der Waals surface area contributed by atoms with Crippen molar-refractivity contribution < 1.29 is 17.9 Å². The summed E-state index contributed by atoms with van der Waals surface area (Å²) in [4.78, 5) is 14.6. The number of ether oxygens (including phenoxy) is 1. The molecule has 6 nitrogen and oxygen atoms in total. The predicted molar refractivity (Wildman–Crippen MR) is 108 cm³/mol. The van der Waals surface area contributed by atoms with Gasteiger partial charge in [0.15, 0.2) is 0 Å². The normalized spacial score (nSPS) is 14.3. The smallest absolute Gasteiger partial charge is 0.265 e. The lowest BCUT2D eigenvalue weighted by atomic mass is 10.1. The molecule has 3 aromatic carbocycles. The zero-order valence-electron chi connectivity index (χ0n) is 15.6. The van der Waals surface area contributed by atoms with Crippen molar-refractivity contribution in [2.75, 3.05) is 25.0 Å². The molecule has 1 aliphatic heterocycles. The Morgan fingerprint density at radius 3 is 2.50 bits per heavy atom. The molecule has 0 spiro atoms. The molecule has 0 aliphatic carbocycles. The lowest BCUT2D eigenvalue weighted by Gasteiger charge is -2.23. The van der Waals surface area contributed by atoms with Crippen LogP contribution in [0.1, 0.15) is 5.56 Å². The monoisotopic (exact) mass is 396 g/mol. The Balaban J connectivity index is 1.61. The Hall–Kier alpha value is -3.06. The highest BCUT2D eigenvalue weighted by molar-refractivity contribution is 7.93. The molecule has 0 bridgehead atoms. The van der Waals surface area contributed by atoms with E-state index >= 15 is 0 Å². The van der Waals surface area contributed by atoms with Crippen LogP contribution in [0.5, 0.6) is 5.75 Å². The van der Waals surface area contributed by atoms with E-state index in [0.717, 1.165) is 10.9 Å². The van der Waals surface area contributed by atoms with Crippen molar-refractivity contribution in [1.29, 1.82) is 0 Å². The van der Waals surface area contributed by atoms with E-state index in [-0.39, 0.29) is 17.3 Å². The minimum absolute atomic E-state index is 0.248. The average molecular weight is 396 g/mol. The van der Waals surface area contributed by atoms with Gasteiger partial charge in [-0.05, 0) is 23.6 Å². The summed E-state index contributed by atoms with van der Waals surface area (Å²) in [5.74, 6) is 0.396. The minimum atomic E-state index is -3.75. The van der Waals surface area contributed by atoms with Crippen LogP contribution < -0.4 is 9.04 Å². The SMILES string of the molecule is COc1ccccc1CN(C)C(=O)CN1c2cccc3cccc(c23)S1(=O)=O. The van der Waals surface area contributed by atoms with Gasteiger partial charge in [-0.25, -0.2) is 8.42 Å². The van der Waals surface area contributed by atoms with Crippen molar-refractivity contribution in [2.24, 2.45) is 0 Å². The molecular weight excluding hydrogens is 376 g/mol. The van der Waals surface area contributed by atoms with E-state index in [1.807, 2.05) is 36.4 Å². The molecule has 0 atom stereocenters. The highest BCUT2D eigenvalue weighted by Crippen LogP contribution is 2.41. The maximum absolute atomic E-state index is 13.0. The maximum atomic E-state index is 13.0. The average Bonchev–Trinajstić information content (AvgIpc) is 2.91. The first kappa shape index (κ1) is 18.3. The number of likely N-dealkylation sites (N-methyl/N-ethyl adjacent to an activating group) is 1. The van der Waals surface area contributed by atoms with Crippen molar-refractivity contribution in [3.63, 3.8) is 0 Å². The molecule has 1 aliphatic rings. The van der Waals surface area contributed by atoms with Gasteiger partial charge in [0.25, 0.3) is 10.0 Å². The summed E-state index contributed by atoms with van der Waals surface area (Å²) in [5, 5.41) is 1.51. The van der Waals surface area contributed by atoms with Crippen LogP contribution in [0.3, 0.4) is 0 Å². The zero-order valence-corrected chi connectivity index (χ0v) is 16.4. The van der Waals surface area contributed by atoms with Crippen LogP contribution in [0.4, 0.5) is 5.69 Å². The number of sulfonamides is 1. The number of hydrogen-bond donors (Lipinski definition) is 0. The summed E-state index contributed by atoms with van der Waals surface area (Å²) >= 11 is 0. The quantitative estimate of drug-likeness (QED) is 0.665. The molecule has 0 aromatic heterocycles. The highest BCUT2D eigenvalue weighted by atomic mass is 32.2. The topological polar surface area (TPSA) is 66.9 Å². The summed E-state index contributed by atoms with van der Waals surface area (Å²) in [6, 6.07) is 18.0. The molecule has 28 heavy (non-hydrogen) atoms. The van der Waals surface area contributed by atoms with Gasteiger partial charge >= 0.3 is 0 Å². The fourth-order valence-corrected chi connectivity index (χ4v) is 5.21. The number of rotatable bonds is 5. The summed E-state index contributed by atoms with van der Waals surface area (Å²) in [6.07, 6.45) is 0. The number of carbonyl (C=O) groups is 1. The Morgan fingerprint density at radius 1 is 1.04 bits per heavy atom. The van der Waals surface area contributed by atoms with Crippen LogP contribution in [0.2, 0.25) is 0 Å². The molecule has 0 fully saturated rings. The lowest BCUT2D eigenvalue weighted by molar-refractivity contribution is -0.128. The third-order valence-electron chi connectivity index (χ3n) is 4.99. The Labute approximate surface area is 164 Å². The van der Waals surface area contributed by atoms with Crippen molar-refractivity contribution in [3.8, 4) is 5.75 Å². The molecule has 0 N–H and O–H groups in total.